The summed E-state index contributed by atoms with van der Waals surface area (Å²) in [4.78, 5) is 54.3. The lowest BCUT2D eigenvalue weighted by atomic mass is 10.1. The molecule has 2 amide bonds. The largest absolute Gasteiger partial charge is 0.493 e. The predicted octanol–water partition coefficient (Wildman–Crippen LogP) is 1.31. The molecule has 0 aromatic heterocycles. The maximum atomic E-state index is 12.2. The van der Waals surface area contributed by atoms with E-state index in [0.717, 1.165) is 0 Å². The summed E-state index contributed by atoms with van der Waals surface area (Å²) in [5.74, 6) is -0.824. The van der Waals surface area contributed by atoms with Crippen molar-refractivity contribution in [1.82, 2.24) is 10.7 Å². The van der Waals surface area contributed by atoms with Gasteiger partial charge in [0, 0.05) is 5.56 Å². The molecule has 0 spiro atoms. The van der Waals surface area contributed by atoms with E-state index in [2.05, 4.69) is 10.4 Å². The van der Waals surface area contributed by atoms with Crippen molar-refractivity contribution in [2.45, 2.75) is 0 Å². The molecule has 0 aliphatic rings. The fourth-order valence-electron chi connectivity index (χ4n) is 2.60. The number of hydrogen-bond acceptors (Lipinski definition) is 11. The first-order chi connectivity index (χ1) is 16.1. The average Bonchev–Trinajstić information content (AvgIpc) is 2.81. The average molecular weight is 476 g/mol. The van der Waals surface area contributed by atoms with Gasteiger partial charge in [-0.15, -0.1) is 0 Å². The number of methoxy groups -OCH3 is 2. The van der Waals surface area contributed by atoms with Crippen LogP contribution < -0.4 is 20.2 Å². The monoisotopic (exact) mass is 476 g/mol. The zero-order chi connectivity index (χ0) is 25.4. The number of nitrogens with one attached hydrogen (secondary N) is 2. The molecule has 0 saturated heterocycles. The van der Waals surface area contributed by atoms with Crippen LogP contribution in [0.4, 0.5) is 17.1 Å². The van der Waals surface area contributed by atoms with Crippen LogP contribution in [0.25, 0.3) is 0 Å². The van der Waals surface area contributed by atoms with Crippen molar-refractivity contribution in [3.8, 4) is 11.5 Å². The number of nitro benzene ring substituents is 3. The Hall–Kier alpha value is -5.15. The van der Waals surface area contributed by atoms with Crippen LogP contribution in [-0.4, -0.2) is 53.6 Å². The van der Waals surface area contributed by atoms with Crippen LogP contribution in [0.5, 0.6) is 11.5 Å². The zero-order valence-corrected chi connectivity index (χ0v) is 17.5. The molecule has 2 N–H and O–H groups in total. The normalized spacial score (nSPS) is 10.4. The maximum absolute atomic E-state index is 12.2. The highest BCUT2D eigenvalue weighted by Crippen LogP contribution is 2.32. The second-order valence-corrected chi connectivity index (χ2v) is 6.21. The maximum Gasteiger partial charge on any atom is 0.292 e. The number of hydrazone groups is 1. The third-order valence-electron chi connectivity index (χ3n) is 4.16. The number of nitro groups is 3. The van der Waals surface area contributed by atoms with Crippen molar-refractivity contribution in [2.24, 2.45) is 5.10 Å². The van der Waals surface area contributed by atoms with E-state index >= 15 is 0 Å². The Morgan fingerprint density at radius 2 is 1.53 bits per heavy atom. The molecule has 2 rings (SSSR count). The summed E-state index contributed by atoms with van der Waals surface area (Å²) in [6.07, 6.45) is 0.605. The molecule has 0 bridgehead atoms. The number of ether oxygens (including phenoxy) is 2. The van der Waals surface area contributed by atoms with Gasteiger partial charge in [0.1, 0.15) is 0 Å². The van der Waals surface area contributed by atoms with E-state index in [-0.39, 0.29) is 11.3 Å². The predicted molar refractivity (Wildman–Crippen MR) is 114 cm³/mol. The molecule has 34 heavy (non-hydrogen) atoms. The summed E-state index contributed by atoms with van der Waals surface area (Å²) in [5, 5.41) is 39.0. The quantitative estimate of drug-likeness (QED) is 0.284. The number of carbonyl (C=O) groups excluding carboxylic acids is 2. The smallest absolute Gasteiger partial charge is 0.292 e. The summed E-state index contributed by atoms with van der Waals surface area (Å²) in [5.41, 5.74) is -1.35. The summed E-state index contributed by atoms with van der Waals surface area (Å²) >= 11 is 0. The van der Waals surface area contributed by atoms with E-state index in [9.17, 15) is 39.9 Å². The van der Waals surface area contributed by atoms with Gasteiger partial charge >= 0.3 is 0 Å². The van der Waals surface area contributed by atoms with Gasteiger partial charge in [-0.1, -0.05) is 0 Å². The van der Waals surface area contributed by atoms with Crippen LogP contribution in [0, 0.1) is 30.3 Å². The molecule has 0 heterocycles. The van der Waals surface area contributed by atoms with Gasteiger partial charge in [-0.3, -0.25) is 39.9 Å². The second kappa shape index (κ2) is 10.9. The Kier molecular flexibility index (Phi) is 8.08. The van der Waals surface area contributed by atoms with E-state index in [1.165, 1.54) is 32.4 Å². The molecule has 16 heteroatoms. The highest BCUT2D eigenvalue weighted by molar-refractivity contribution is 5.97. The van der Waals surface area contributed by atoms with Crippen molar-refractivity contribution in [3.63, 3.8) is 0 Å². The molecule has 0 aliphatic carbocycles. The number of hydrogen-bond donors (Lipinski definition) is 2. The van der Waals surface area contributed by atoms with Crippen molar-refractivity contribution in [2.75, 3.05) is 20.8 Å². The van der Waals surface area contributed by atoms with Gasteiger partial charge in [0.15, 0.2) is 17.1 Å². The summed E-state index contributed by atoms with van der Waals surface area (Å²) in [6, 6.07) is 5.36. The van der Waals surface area contributed by atoms with Crippen LogP contribution in [0.1, 0.15) is 15.9 Å². The standard InChI is InChI=1S/C18H16N6O10/c1-33-15-4-3-10(5-16(15)34-2)18(26)19-9-17(25)21-20-8-12-13(23(29)30)6-11(22(27)28)7-14(12)24(31)32/h3-8H,9H2,1-2H3,(H,19,26)(H,21,25). The Labute approximate surface area is 189 Å². The number of amides is 2. The first kappa shape index (κ1) is 25.1. The number of carbonyl (C=O) groups is 2. The molecule has 2 aromatic carbocycles. The number of nitrogens with zero attached hydrogens (tertiary/aromatic N) is 4. The minimum atomic E-state index is -1.06. The molecular formula is C18H16N6O10. The van der Waals surface area contributed by atoms with Crippen LogP contribution in [0.2, 0.25) is 0 Å². The van der Waals surface area contributed by atoms with E-state index in [4.69, 9.17) is 9.47 Å². The third-order valence-corrected chi connectivity index (χ3v) is 4.16. The lowest BCUT2D eigenvalue weighted by Crippen LogP contribution is -2.34. The first-order valence-electron chi connectivity index (χ1n) is 9.02. The van der Waals surface area contributed by atoms with E-state index in [0.29, 0.717) is 24.1 Å². The van der Waals surface area contributed by atoms with Gasteiger partial charge in [-0.2, -0.15) is 5.10 Å². The molecule has 2 aromatic rings. The van der Waals surface area contributed by atoms with Gasteiger partial charge in [0.25, 0.3) is 28.9 Å². The molecule has 0 unspecified atom stereocenters. The highest BCUT2D eigenvalue weighted by Gasteiger charge is 2.29. The van der Waals surface area contributed by atoms with Gasteiger partial charge < -0.3 is 14.8 Å². The Balaban J connectivity index is 2.12. The molecule has 0 fully saturated rings. The molecule has 0 saturated carbocycles. The Morgan fingerprint density at radius 1 is 0.941 bits per heavy atom. The second-order valence-electron chi connectivity index (χ2n) is 6.21. The van der Waals surface area contributed by atoms with Crippen molar-refractivity contribution >= 4 is 35.1 Å². The van der Waals surface area contributed by atoms with Crippen molar-refractivity contribution in [3.05, 3.63) is 71.8 Å². The SMILES string of the molecule is COc1ccc(C(=O)NCC(=O)NN=Cc2c([N+](=O)[O-])cc([N+](=O)[O-])cc2[N+](=O)[O-])cc1OC. The van der Waals surface area contributed by atoms with Crippen LogP contribution in [0.15, 0.2) is 35.4 Å². The summed E-state index contributed by atoms with van der Waals surface area (Å²) in [7, 11) is 2.80. The molecular weight excluding hydrogens is 460 g/mol. The molecule has 0 atom stereocenters. The third kappa shape index (κ3) is 5.96. The molecule has 0 aliphatic heterocycles. The van der Waals surface area contributed by atoms with Crippen molar-refractivity contribution < 1.29 is 33.8 Å². The topological polar surface area (TPSA) is 218 Å². The zero-order valence-electron chi connectivity index (χ0n) is 17.5. The lowest BCUT2D eigenvalue weighted by Gasteiger charge is -2.09. The minimum absolute atomic E-state index is 0.158. The van der Waals surface area contributed by atoms with Crippen LogP contribution in [-0.2, 0) is 4.79 Å². The van der Waals surface area contributed by atoms with Gasteiger partial charge in [0.2, 0.25) is 0 Å². The molecule has 178 valence electrons. The number of benzene rings is 2. The fraction of sp³-hybridized carbons (Fsp3) is 0.167. The van der Waals surface area contributed by atoms with E-state index in [1.54, 1.807) is 0 Å². The number of non-ortho nitro benzene ring substituents is 1. The van der Waals surface area contributed by atoms with Crippen molar-refractivity contribution in [1.29, 1.82) is 0 Å². The minimum Gasteiger partial charge on any atom is -0.493 e. The van der Waals surface area contributed by atoms with Gasteiger partial charge in [-0.25, -0.2) is 5.43 Å². The Bertz CT molecular complexity index is 1160. The lowest BCUT2D eigenvalue weighted by molar-refractivity contribution is -0.403. The van der Waals surface area contributed by atoms with Crippen LogP contribution >= 0.6 is 0 Å². The fourth-order valence-corrected chi connectivity index (χ4v) is 2.60. The van der Waals surface area contributed by atoms with E-state index in [1.807, 2.05) is 5.43 Å². The first-order valence-corrected chi connectivity index (χ1v) is 9.02. The number of rotatable bonds is 10. The van der Waals surface area contributed by atoms with Gasteiger partial charge in [-0.05, 0) is 18.2 Å². The van der Waals surface area contributed by atoms with Gasteiger partial charge in [0.05, 0.1) is 53.9 Å². The molecule has 16 nitrogen and oxygen atoms in total. The highest BCUT2D eigenvalue weighted by atomic mass is 16.6. The van der Waals surface area contributed by atoms with E-state index < -0.39 is 55.8 Å². The Morgan fingerprint density at radius 3 is 2.03 bits per heavy atom. The van der Waals surface area contributed by atoms with Crippen LogP contribution in [0.3, 0.4) is 0 Å². The molecule has 0 radical (unpaired) electrons. The summed E-state index contributed by atoms with van der Waals surface area (Å²) < 4.78 is 10.1. The summed E-state index contributed by atoms with van der Waals surface area (Å²) in [6.45, 7) is -0.561.